The van der Waals surface area contributed by atoms with Gasteiger partial charge in [-0.05, 0) is 24.3 Å². The van der Waals surface area contributed by atoms with Gasteiger partial charge in [0.1, 0.15) is 5.75 Å². The summed E-state index contributed by atoms with van der Waals surface area (Å²) in [6, 6.07) is 7.07. The monoisotopic (exact) mass is 238 g/mol. The number of carbonyl (C=O) groups is 2. The second-order valence-corrected chi connectivity index (χ2v) is 3.10. The molecule has 6 nitrogen and oxygen atoms in total. The Morgan fingerprint density at radius 2 is 1.88 bits per heavy atom. The number of hydrogen-bond acceptors (Lipinski definition) is 5. The molecule has 0 spiro atoms. The van der Waals surface area contributed by atoms with Gasteiger partial charge in [0.2, 0.25) is 0 Å². The SMILES string of the molecule is CNc1ccc(OCC(=O)NC(=O)OC)cc1. The molecule has 0 aliphatic heterocycles. The summed E-state index contributed by atoms with van der Waals surface area (Å²) in [6.45, 7) is -0.242. The van der Waals surface area contributed by atoms with Gasteiger partial charge in [0.15, 0.2) is 6.61 Å². The summed E-state index contributed by atoms with van der Waals surface area (Å²) in [5, 5.41) is 4.94. The van der Waals surface area contributed by atoms with Crippen LogP contribution in [0.3, 0.4) is 0 Å². The van der Waals surface area contributed by atoms with Crippen molar-refractivity contribution in [1.29, 1.82) is 0 Å². The van der Waals surface area contributed by atoms with E-state index in [4.69, 9.17) is 4.74 Å². The first kappa shape index (κ1) is 12.8. The average Bonchev–Trinajstić information content (AvgIpc) is 2.36. The zero-order valence-electron chi connectivity index (χ0n) is 9.65. The number of hydrogen-bond donors (Lipinski definition) is 2. The number of nitrogens with one attached hydrogen (secondary N) is 2. The molecule has 0 saturated heterocycles. The van der Waals surface area contributed by atoms with Crippen LogP contribution in [-0.2, 0) is 9.53 Å². The fourth-order valence-corrected chi connectivity index (χ4v) is 1.07. The maximum atomic E-state index is 11.2. The van der Waals surface area contributed by atoms with Crippen LogP contribution in [0.4, 0.5) is 10.5 Å². The summed E-state index contributed by atoms with van der Waals surface area (Å²) in [5.74, 6) is -0.0152. The summed E-state index contributed by atoms with van der Waals surface area (Å²) >= 11 is 0. The van der Waals surface area contributed by atoms with Gasteiger partial charge in [-0.1, -0.05) is 0 Å². The Morgan fingerprint density at radius 1 is 1.24 bits per heavy atom. The van der Waals surface area contributed by atoms with Crippen molar-refractivity contribution in [2.75, 3.05) is 26.1 Å². The molecule has 92 valence electrons. The summed E-state index contributed by atoms with van der Waals surface area (Å²) in [5.41, 5.74) is 0.941. The highest BCUT2D eigenvalue weighted by Crippen LogP contribution is 2.14. The van der Waals surface area contributed by atoms with Gasteiger partial charge >= 0.3 is 6.09 Å². The fraction of sp³-hybridized carbons (Fsp3) is 0.273. The van der Waals surface area contributed by atoms with Gasteiger partial charge in [0, 0.05) is 12.7 Å². The largest absolute Gasteiger partial charge is 0.484 e. The van der Waals surface area contributed by atoms with Crippen LogP contribution in [0.1, 0.15) is 0 Å². The van der Waals surface area contributed by atoms with Crippen molar-refractivity contribution in [3.8, 4) is 5.75 Å². The maximum absolute atomic E-state index is 11.2. The zero-order chi connectivity index (χ0) is 12.7. The van der Waals surface area contributed by atoms with E-state index in [2.05, 4.69) is 10.1 Å². The molecule has 0 fully saturated rings. The van der Waals surface area contributed by atoms with E-state index in [1.54, 1.807) is 19.2 Å². The van der Waals surface area contributed by atoms with Gasteiger partial charge in [0.25, 0.3) is 5.91 Å². The summed E-state index contributed by atoms with van der Waals surface area (Å²) in [4.78, 5) is 21.9. The third-order valence-electron chi connectivity index (χ3n) is 1.94. The Labute approximate surface area is 98.9 Å². The van der Waals surface area contributed by atoms with Crippen LogP contribution in [0.2, 0.25) is 0 Å². The molecule has 0 saturated carbocycles. The predicted octanol–water partition coefficient (Wildman–Crippen LogP) is 0.990. The summed E-state index contributed by atoms with van der Waals surface area (Å²) in [6.07, 6.45) is -0.802. The number of benzene rings is 1. The van der Waals surface area contributed by atoms with Gasteiger partial charge in [-0.3, -0.25) is 10.1 Å². The molecule has 0 unspecified atom stereocenters. The second-order valence-electron chi connectivity index (χ2n) is 3.10. The molecule has 0 aromatic heterocycles. The lowest BCUT2D eigenvalue weighted by molar-refractivity contribution is -0.122. The molecule has 17 heavy (non-hydrogen) atoms. The molecule has 6 heteroatoms. The Morgan fingerprint density at radius 3 is 2.41 bits per heavy atom. The van der Waals surface area contributed by atoms with Crippen LogP contribution in [0.5, 0.6) is 5.75 Å². The minimum Gasteiger partial charge on any atom is -0.484 e. The van der Waals surface area contributed by atoms with E-state index in [9.17, 15) is 9.59 Å². The van der Waals surface area contributed by atoms with Gasteiger partial charge in [-0.2, -0.15) is 0 Å². The molecule has 0 atom stereocenters. The molecule has 2 N–H and O–H groups in total. The van der Waals surface area contributed by atoms with E-state index in [1.807, 2.05) is 17.4 Å². The van der Waals surface area contributed by atoms with E-state index in [-0.39, 0.29) is 6.61 Å². The predicted molar refractivity (Wildman–Crippen MR) is 62.0 cm³/mol. The fourth-order valence-electron chi connectivity index (χ4n) is 1.07. The van der Waals surface area contributed by atoms with Gasteiger partial charge in [0.05, 0.1) is 7.11 Å². The number of rotatable bonds is 4. The third kappa shape index (κ3) is 4.42. The van der Waals surface area contributed by atoms with E-state index in [1.165, 1.54) is 7.11 Å². The molecule has 2 amide bonds. The first-order chi connectivity index (χ1) is 8.15. The molecule has 0 aliphatic carbocycles. The van der Waals surface area contributed by atoms with Crippen LogP contribution in [0.25, 0.3) is 0 Å². The van der Waals surface area contributed by atoms with Crippen LogP contribution in [0.15, 0.2) is 24.3 Å². The van der Waals surface area contributed by atoms with E-state index < -0.39 is 12.0 Å². The quantitative estimate of drug-likeness (QED) is 0.818. The van der Waals surface area contributed by atoms with Crippen molar-refractivity contribution in [1.82, 2.24) is 5.32 Å². The molecule has 0 bridgehead atoms. The number of amides is 2. The van der Waals surface area contributed by atoms with Crippen molar-refractivity contribution >= 4 is 17.7 Å². The first-order valence-corrected chi connectivity index (χ1v) is 4.94. The lowest BCUT2D eigenvalue weighted by Gasteiger charge is -2.06. The number of anilines is 1. The van der Waals surface area contributed by atoms with E-state index >= 15 is 0 Å². The molecule has 1 rings (SSSR count). The smallest absolute Gasteiger partial charge is 0.413 e. The van der Waals surface area contributed by atoms with Crippen molar-refractivity contribution in [2.24, 2.45) is 0 Å². The highest BCUT2D eigenvalue weighted by atomic mass is 16.5. The standard InChI is InChI=1S/C11H14N2O4/c1-12-8-3-5-9(6-4-8)17-7-10(14)13-11(15)16-2/h3-6,12H,7H2,1-2H3,(H,13,14,15). The van der Waals surface area contributed by atoms with Crippen LogP contribution in [-0.4, -0.2) is 32.8 Å². The highest BCUT2D eigenvalue weighted by Gasteiger charge is 2.07. The Hall–Kier alpha value is -2.24. The van der Waals surface area contributed by atoms with E-state index in [0.717, 1.165) is 5.69 Å². The van der Waals surface area contributed by atoms with Crippen LogP contribution >= 0.6 is 0 Å². The Kier molecular flexibility index (Phi) is 4.80. The van der Waals surface area contributed by atoms with Gasteiger partial charge in [-0.25, -0.2) is 4.79 Å². The number of carbonyl (C=O) groups excluding carboxylic acids is 2. The number of methoxy groups -OCH3 is 1. The Balaban J connectivity index is 2.39. The summed E-state index contributed by atoms with van der Waals surface area (Å²) < 4.78 is 9.43. The maximum Gasteiger partial charge on any atom is 0.413 e. The number of alkyl carbamates (subject to hydrolysis) is 1. The lowest BCUT2D eigenvalue weighted by atomic mass is 10.3. The molecule has 1 aromatic rings. The van der Waals surface area contributed by atoms with Crippen LogP contribution < -0.4 is 15.4 Å². The average molecular weight is 238 g/mol. The zero-order valence-corrected chi connectivity index (χ0v) is 9.65. The van der Waals surface area contributed by atoms with Crippen molar-refractivity contribution in [2.45, 2.75) is 0 Å². The van der Waals surface area contributed by atoms with Crippen LogP contribution in [0, 0.1) is 0 Å². The third-order valence-corrected chi connectivity index (χ3v) is 1.94. The Bertz CT molecular complexity index is 389. The normalized spacial score (nSPS) is 9.29. The van der Waals surface area contributed by atoms with E-state index in [0.29, 0.717) is 5.75 Å². The number of imide groups is 1. The number of ether oxygens (including phenoxy) is 2. The highest BCUT2D eigenvalue weighted by molar-refractivity contribution is 5.92. The minimum atomic E-state index is -0.802. The minimum absolute atomic E-state index is 0.242. The van der Waals surface area contributed by atoms with Crippen molar-refractivity contribution in [3.05, 3.63) is 24.3 Å². The van der Waals surface area contributed by atoms with Gasteiger partial charge < -0.3 is 14.8 Å². The topological polar surface area (TPSA) is 76.7 Å². The molecular weight excluding hydrogens is 224 g/mol. The molecule has 0 aliphatic rings. The van der Waals surface area contributed by atoms with Crippen molar-refractivity contribution < 1.29 is 19.1 Å². The lowest BCUT2D eigenvalue weighted by Crippen LogP contribution is -2.34. The molecular formula is C11H14N2O4. The van der Waals surface area contributed by atoms with Crippen molar-refractivity contribution in [3.63, 3.8) is 0 Å². The summed E-state index contributed by atoms with van der Waals surface area (Å²) in [7, 11) is 2.99. The second kappa shape index (κ2) is 6.37. The molecule has 0 radical (unpaired) electrons. The van der Waals surface area contributed by atoms with Gasteiger partial charge in [-0.15, -0.1) is 0 Å². The molecule has 0 heterocycles. The molecule has 1 aromatic carbocycles. The first-order valence-electron chi connectivity index (χ1n) is 4.94.